The lowest BCUT2D eigenvalue weighted by molar-refractivity contribution is 0.0927. The van der Waals surface area contributed by atoms with Crippen LogP contribution < -0.4 is 11.1 Å². The quantitative estimate of drug-likeness (QED) is 0.314. The minimum Gasteiger partial charge on any atom is -0.453 e. The monoisotopic (exact) mass is 441 g/mol. The molecule has 1 heterocycles. The van der Waals surface area contributed by atoms with Crippen LogP contribution in [0.25, 0.3) is 11.1 Å². The van der Waals surface area contributed by atoms with Crippen LogP contribution >= 0.6 is 11.8 Å². The maximum absolute atomic E-state index is 11.1. The number of nitriles is 2. The van der Waals surface area contributed by atoms with Crippen molar-refractivity contribution >= 4 is 29.8 Å². The highest BCUT2D eigenvalue weighted by Gasteiger charge is 2.20. The highest BCUT2D eigenvalue weighted by molar-refractivity contribution is 7.99. The van der Waals surface area contributed by atoms with E-state index in [9.17, 15) is 20.1 Å². The summed E-state index contributed by atoms with van der Waals surface area (Å²) in [6.07, 6.45) is -1.52. The Morgan fingerprint density at radius 3 is 2.48 bits per heavy atom. The van der Waals surface area contributed by atoms with Gasteiger partial charge in [-0.05, 0) is 11.1 Å². The lowest BCUT2D eigenvalue weighted by Gasteiger charge is -2.13. The van der Waals surface area contributed by atoms with Crippen LogP contribution in [-0.2, 0) is 15.9 Å². The topological polar surface area (TPSA) is 171 Å². The molecular weight excluding hydrogens is 422 g/mol. The molecule has 2 rings (SSSR count). The van der Waals surface area contributed by atoms with Crippen LogP contribution in [0.4, 0.5) is 15.4 Å². The number of aromatic nitrogens is 1. The van der Waals surface area contributed by atoms with Gasteiger partial charge >= 0.3 is 12.2 Å². The summed E-state index contributed by atoms with van der Waals surface area (Å²) >= 11 is 1.22. The van der Waals surface area contributed by atoms with E-state index in [1.807, 2.05) is 6.07 Å². The molecule has 0 aliphatic heterocycles. The molecule has 0 aliphatic carbocycles. The number of nitrogens with one attached hydrogen (secondary N) is 1. The zero-order valence-corrected chi connectivity index (χ0v) is 17.4. The van der Waals surface area contributed by atoms with E-state index in [2.05, 4.69) is 25.8 Å². The van der Waals surface area contributed by atoms with Gasteiger partial charge in [0.15, 0.2) is 0 Å². The van der Waals surface area contributed by atoms with E-state index in [0.29, 0.717) is 28.3 Å². The molecule has 11 heteroatoms. The number of carbonyl (C=O) groups is 2. The van der Waals surface area contributed by atoms with E-state index in [-0.39, 0.29) is 30.1 Å². The number of pyridine rings is 1. The smallest absolute Gasteiger partial charge is 0.453 e. The first-order valence-corrected chi connectivity index (χ1v) is 9.93. The van der Waals surface area contributed by atoms with Gasteiger partial charge in [0.05, 0.1) is 19.3 Å². The van der Waals surface area contributed by atoms with Crippen LogP contribution in [0.1, 0.15) is 16.7 Å². The Hall–Kier alpha value is -3.96. The number of alkyl carbamates (subject to hydrolysis) is 1. The van der Waals surface area contributed by atoms with Crippen molar-refractivity contribution in [2.75, 3.05) is 31.7 Å². The molecule has 1 aromatic heterocycles. The Balaban J connectivity index is 2.32. The SMILES string of the molecule is COC(=O)NCCSc1nc(N)c(C#N)c(-c2ccc(CCOC(=O)O)cc2)c1C#N. The average Bonchev–Trinajstić information content (AvgIpc) is 2.76. The lowest BCUT2D eigenvalue weighted by atomic mass is 9.95. The zero-order chi connectivity index (χ0) is 22.8. The third kappa shape index (κ3) is 6.26. The van der Waals surface area contributed by atoms with Gasteiger partial charge in [0, 0.05) is 24.3 Å². The number of ether oxygens (including phenoxy) is 2. The van der Waals surface area contributed by atoms with Crippen molar-refractivity contribution < 1.29 is 24.2 Å². The Bertz CT molecular complexity index is 1040. The van der Waals surface area contributed by atoms with Gasteiger partial charge in [-0.3, -0.25) is 0 Å². The predicted octanol–water partition coefficient (Wildman–Crippen LogP) is 2.76. The fourth-order valence-electron chi connectivity index (χ4n) is 2.66. The first-order valence-electron chi connectivity index (χ1n) is 8.94. The van der Waals surface area contributed by atoms with Gasteiger partial charge in [-0.25, -0.2) is 14.6 Å². The number of nitrogens with zero attached hydrogens (tertiary/aromatic N) is 3. The van der Waals surface area contributed by atoms with E-state index < -0.39 is 12.2 Å². The summed E-state index contributed by atoms with van der Waals surface area (Å²) in [5, 5.41) is 30.8. The van der Waals surface area contributed by atoms with E-state index in [1.165, 1.54) is 18.9 Å². The maximum atomic E-state index is 11.1. The van der Waals surface area contributed by atoms with E-state index in [0.717, 1.165) is 5.56 Å². The highest BCUT2D eigenvalue weighted by atomic mass is 32.2. The molecule has 0 fully saturated rings. The second-order valence-corrected chi connectivity index (χ2v) is 7.06. The third-order valence-electron chi connectivity index (χ3n) is 4.07. The molecule has 2 aromatic rings. The Kier molecular flexibility index (Phi) is 8.49. The molecule has 31 heavy (non-hydrogen) atoms. The molecule has 0 atom stereocenters. The Labute approximate surface area is 182 Å². The van der Waals surface area contributed by atoms with Crippen LogP contribution in [0.5, 0.6) is 0 Å². The van der Waals surface area contributed by atoms with Crippen molar-refractivity contribution in [2.45, 2.75) is 11.4 Å². The first kappa shape index (κ1) is 23.3. The predicted molar refractivity (Wildman–Crippen MR) is 112 cm³/mol. The summed E-state index contributed by atoms with van der Waals surface area (Å²) in [6.45, 7) is 0.302. The molecule has 0 bridgehead atoms. The molecular formula is C20H19N5O5S. The average molecular weight is 441 g/mol. The molecule has 1 aromatic carbocycles. The summed E-state index contributed by atoms with van der Waals surface area (Å²) in [5.74, 6) is 0.406. The van der Waals surface area contributed by atoms with E-state index in [4.69, 9.17) is 10.8 Å². The standard InChI is InChI=1S/C20H19N5O5S/c1-29-19(26)24-7-9-31-18-15(11-22)16(14(10-21)17(23)25-18)13-4-2-12(3-5-13)6-8-30-20(27)28/h2-5H,6-9H2,1H3,(H2,23,25)(H,24,26)(H,27,28). The van der Waals surface area contributed by atoms with Gasteiger partial charge in [-0.1, -0.05) is 24.3 Å². The number of methoxy groups -OCH3 is 1. The number of hydrogen-bond acceptors (Lipinski definition) is 9. The van der Waals surface area contributed by atoms with Crippen molar-refractivity contribution in [1.29, 1.82) is 10.5 Å². The first-order chi connectivity index (χ1) is 14.9. The minimum absolute atomic E-state index is 0.00105. The molecule has 4 N–H and O–H groups in total. The number of anilines is 1. The number of benzene rings is 1. The molecule has 0 aliphatic rings. The number of hydrogen-bond donors (Lipinski definition) is 3. The van der Waals surface area contributed by atoms with Crippen molar-refractivity contribution in [2.24, 2.45) is 0 Å². The molecule has 0 saturated carbocycles. The molecule has 0 spiro atoms. The summed E-state index contributed by atoms with van der Waals surface area (Å²) < 4.78 is 9.00. The van der Waals surface area contributed by atoms with Crippen molar-refractivity contribution in [3.8, 4) is 23.3 Å². The number of rotatable bonds is 8. The van der Waals surface area contributed by atoms with Gasteiger partial charge in [-0.2, -0.15) is 10.5 Å². The third-order valence-corrected chi connectivity index (χ3v) is 5.05. The fourth-order valence-corrected chi connectivity index (χ4v) is 3.51. The van der Waals surface area contributed by atoms with Crippen LogP contribution in [0, 0.1) is 22.7 Å². The number of carboxylic acid groups (broad SMARTS) is 1. The second kappa shape index (κ2) is 11.3. The van der Waals surface area contributed by atoms with Crippen LogP contribution in [0.3, 0.4) is 0 Å². The summed E-state index contributed by atoms with van der Waals surface area (Å²) in [7, 11) is 1.26. The van der Waals surface area contributed by atoms with Crippen LogP contribution in [0.15, 0.2) is 29.3 Å². The highest BCUT2D eigenvalue weighted by Crippen LogP contribution is 2.35. The number of nitrogens with two attached hydrogens (primary N) is 1. The van der Waals surface area contributed by atoms with Gasteiger partial charge in [-0.15, -0.1) is 11.8 Å². The van der Waals surface area contributed by atoms with Gasteiger partial charge in [0.1, 0.15) is 28.5 Å². The summed E-state index contributed by atoms with van der Waals surface area (Å²) in [4.78, 5) is 25.8. The molecule has 10 nitrogen and oxygen atoms in total. The van der Waals surface area contributed by atoms with Gasteiger partial charge in [0.25, 0.3) is 0 Å². The normalized spacial score (nSPS) is 9.90. The zero-order valence-electron chi connectivity index (χ0n) is 16.5. The molecule has 160 valence electrons. The molecule has 1 amide bonds. The molecule has 0 radical (unpaired) electrons. The Morgan fingerprint density at radius 2 is 1.90 bits per heavy atom. The van der Waals surface area contributed by atoms with Crippen LogP contribution in [-0.4, -0.2) is 48.4 Å². The van der Waals surface area contributed by atoms with Crippen LogP contribution in [0.2, 0.25) is 0 Å². The van der Waals surface area contributed by atoms with E-state index in [1.54, 1.807) is 24.3 Å². The Morgan fingerprint density at radius 1 is 1.23 bits per heavy atom. The summed E-state index contributed by atoms with van der Waals surface area (Å²) in [6, 6.07) is 11.1. The fraction of sp³-hybridized carbons (Fsp3) is 0.250. The second-order valence-electron chi connectivity index (χ2n) is 5.98. The number of thioether (sulfide) groups is 1. The van der Waals surface area contributed by atoms with Gasteiger partial charge in [0.2, 0.25) is 0 Å². The maximum Gasteiger partial charge on any atom is 0.505 e. The number of carbonyl (C=O) groups excluding carboxylic acids is 1. The number of nitrogen functional groups attached to an aromatic ring is 1. The lowest BCUT2D eigenvalue weighted by Crippen LogP contribution is -2.25. The van der Waals surface area contributed by atoms with Crippen molar-refractivity contribution in [3.05, 3.63) is 41.0 Å². The van der Waals surface area contributed by atoms with E-state index >= 15 is 0 Å². The molecule has 0 unspecified atom stereocenters. The van der Waals surface area contributed by atoms with Gasteiger partial charge < -0.3 is 25.6 Å². The van der Waals surface area contributed by atoms with Crippen molar-refractivity contribution in [1.82, 2.24) is 10.3 Å². The minimum atomic E-state index is -1.34. The number of amides is 1. The largest absolute Gasteiger partial charge is 0.505 e. The summed E-state index contributed by atoms with van der Waals surface area (Å²) in [5.41, 5.74) is 8.06. The van der Waals surface area contributed by atoms with Crippen molar-refractivity contribution in [3.63, 3.8) is 0 Å². The molecule has 0 saturated heterocycles.